The molecule has 3 aromatic carbocycles. The summed E-state index contributed by atoms with van der Waals surface area (Å²) < 4.78 is 25.5. The van der Waals surface area contributed by atoms with Gasteiger partial charge in [0.25, 0.3) is 5.91 Å². The standard InChI is InChI=1S/C21H20ClN3O4S/c1-14-7-9-16(22)11-19(14)25(30(2,28)29)13-21(27)24-23-12-18-17-6-4-3-5-15(17)8-10-20(18)26/h3-12,26H,13H2,1-2H3,(H,24,27)/b23-12-. The first-order valence-corrected chi connectivity index (χ1v) is 11.2. The van der Waals surface area contributed by atoms with Crippen molar-refractivity contribution in [2.24, 2.45) is 5.10 Å². The summed E-state index contributed by atoms with van der Waals surface area (Å²) in [5.74, 6) is -0.630. The number of hydrazone groups is 1. The quantitative estimate of drug-likeness (QED) is 0.448. The number of hydrogen-bond acceptors (Lipinski definition) is 5. The molecule has 0 aromatic heterocycles. The third kappa shape index (κ3) is 4.90. The van der Waals surface area contributed by atoms with Crippen LogP contribution in [0, 0.1) is 6.92 Å². The van der Waals surface area contributed by atoms with Gasteiger partial charge in [-0.25, -0.2) is 13.8 Å². The first kappa shape index (κ1) is 21.6. The summed E-state index contributed by atoms with van der Waals surface area (Å²) in [6.07, 6.45) is 2.34. The number of hydrogen-bond donors (Lipinski definition) is 2. The zero-order valence-electron chi connectivity index (χ0n) is 16.3. The number of halogens is 1. The molecule has 0 saturated heterocycles. The molecule has 9 heteroatoms. The number of rotatable bonds is 6. The molecule has 0 heterocycles. The van der Waals surface area contributed by atoms with E-state index in [2.05, 4.69) is 10.5 Å². The Kier molecular flexibility index (Phi) is 6.28. The molecule has 156 valence electrons. The fourth-order valence-electron chi connectivity index (χ4n) is 2.99. The molecule has 0 unspecified atom stereocenters. The lowest BCUT2D eigenvalue weighted by Gasteiger charge is -2.23. The maximum Gasteiger partial charge on any atom is 0.260 e. The topological polar surface area (TPSA) is 99.1 Å². The van der Waals surface area contributed by atoms with Crippen LogP contribution in [0.25, 0.3) is 10.8 Å². The summed E-state index contributed by atoms with van der Waals surface area (Å²) in [4.78, 5) is 12.4. The van der Waals surface area contributed by atoms with Crippen molar-refractivity contribution in [1.29, 1.82) is 0 Å². The van der Waals surface area contributed by atoms with E-state index in [9.17, 15) is 18.3 Å². The van der Waals surface area contributed by atoms with Crippen LogP contribution >= 0.6 is 11.6 Å². The summed E-state index contributed by atoms with van der Waals surface area (Å²) in [7, 11) is -3.74. The van der Waals surface area contributed by atoms with Crippen LogP contribution in [-0.2, 0) is 14.8 Å². The van der Waals surface area contributed by atoms with E-state index in [0.717, 1.165) is 21.3 Å². The Hall–Kier alpha value is -3.10. The molecule has 3 aromatic rings. The molecular formula is C21H20ClN3O4S. The number of nitrogens with one attached hydrogen (secondary N) is 1. The molecule has 0 aliphatic rings. The van der Waals surface area contributed by atoms with Crippen LogP contribution in [0.5, 0.6) is 5.75 Å². The van der Waals surface area contributed by atoms with Gasteiger partial charge in [-0.05, 0) is 41.5 Å². The minimum Gasteiger partial charge on any atom is -0.507 e. The van der Waals surface area contributed by atoms with Gasteiger partial charge in [0.15, 0.2) is 0 Å². The number of benzene rings is 3. The Morgan fingerprint density at radius 3 is 2.67 bits per heavy atom. The van der Waals surface area contributed by atoms with E-state index in [1.165, 1.54) is 12.3 Å². The van der Waals surface area contributed by atoms with E-state index >= 15 is 0 Å². The fraction of sp³-hybridized carbons (Fsp3) is 0.143. The molecule has 3 rings (SSSR count). The highest BCUT2D eigenvalue weighted by Gasteiger charge is 2.22. The molecule has 7 nitrogen and oxygen atoms in total. The number of phenols is 1. The zero-order valence-corrected chi connectivity index (χ0v) is 17.9. The van der Waals surface area contributed by atoms with Gasteiger partial charge in [0, 0.05) is 10.6 Å². The van der Waals surface area contributed by atoms with E-state index in [4.69, 9.17) is 11.6 Å². The highest BCUT2D eigenvalue weighted by atomic mass is 35.5. The van der Waals surface area contributed by atoms with Crippen LogP contribution in [0.2, 0.25) is 5.02 Å². The number of phenolic OH excluding ortho intramolecular Hbond substituents is 1. The van der Waals surface area contributed by atoms with Gasteiger partial charge in [0.05, 0.1) is 18.2 Å². The van der Waals surface area contributed by atoms with Gasteiger partial charge in [-0.2, -0.15) is 5.10 Å². The SMILES string of the molecule is Cc1ccc(Cl)cc1N(CC(=O)N/N=C\c1c(O)ccc2ccccc12)S(C)(=O)=O. The lowest BCUT2D eigenvalue weighted by molar-refractivity contribution is -0.119. The highest BCUT2D eigenvalue weighted by Crippen LogP contribution is 2.27. The monoisotopic (exact) mass is 445 g/mol. The van der Waals surface area contributed by atoms with Crippen molar-refractivity contribution in [2.75, 3.05) is 17.1 Å². The van der Waals surface area contributed by atoms with Crippen LogP contribution in [0.1, 0.15) is 11.1 Å². The molecule has 0 aliphatic heterocycles. The van der Waals surface area contributed by atoms with Gasteiger partial charge < -0.3 is 5.11 Å². The number of fused-ring (bicyclic) bond motifs is 1. The summed E-state index contributed by atoms with van der Waals surface area (Å²) in [6.45, 7) is 1.25. The average molecular weight is 446 g/mol. The maximum absolute atomic E-state index is 12.4. The van der Waals surface area contributed by atoms with Crippen molar-refractivity contribution in [1.82, 2.24) is 5.43 Å². The van der Waals surface area contributed by atoms with Crippen molar-refractivity contribution in [2.45, 2.75) is 6.92 Å². The maximum atomic E-state index is 12.4. The first-order valence-electron chi connectivity index (χ1n) is 8.93. The van der Waals surface area contributed by atoms with Crippen LogP contribution in [0.4, 0.5) is 5.69 Å². The predicted molar refractivity (Wildman–Crippen MR) is 120 cm³/mol. The summed E-state index contributed by atoms with van der Waals surface area (Å²) >= 11 is 5.99. The Morgan fingerprint density at radius 2 is 1.93 bits per heavy atom. The Labute approximate surface area is 179 Å². The number of anilines is 1. The molecule has 0 radical (unpaired) electrons. The van der Waals surface area contributed by atoms with E-state index in [1.54, 1.807) is 31.2 Å². The van der Waals surface area contributed by atoms with Crippen molar-refractivity contribution in [3.8, 4) is 5.75 Å². The molecule has 1 amide bonds. The number of amides is 1. The minimum absolute atomic E-state index is 0.0130. The van der Waals surface area contributed by atoms with Crippen LogP contribution < -0.4 is 9.73 Å². The highest BCUT2D eigenvalue weighted by molar-refractivity contribution is 7.92. The number of aryl methyl sites for hydroxylation is 1. The van der Waals surface area contributed by atoms with Crippen molar-refractivity contribution in [3.63, 3.8) is 0 Å². The van der Waals surface area contributed by atoms with Crippen LogP contribution in [0.15, 0.2) is 59.7 Å². The molecule has 0 fully saturated rings. The molecule has 30 heavy (non-hydrogen) atoms. The Morgan fingerprint density at radius 1 is 1.20 bits per heavy atom. The largest absolute Gasteiger partial charge is 0.507 e. The summed E-state index contributed by atoms with van der Waals surface area (Å²) in [5.41, 5.74) is 3.72. The molecule has 0 atom stereocenters. The third-order valence-corrected chi connectivity index (χ3v) is 5.82. The average Bonchev–Trinajstić information content (AvgIpc) is 2.69. The minimum atomic E-state index is -3.74. The summed E-state index contributed by atoms with van der Waals surface area (Å²) in [5, 5.41) is 16.0. The predicted octanol–water partition coefficient (Wildman–Crippen LogP) is 3.42. The zero-order chi connectivity index (χ0) is 21.9. The van der Waals surface area contributed by atoms with E-state index in [0.29, 0.717) is 21.8 Å². The fourth-order valence-corrected chi connectivity index (χ4v) is 4.06. The van der Waals surface area contributed by atoms with E-state index in [1.807, 2.05) is 24.3 Å². The van der Waals surface area contributed by atoms with Gasteiger partial charge >= 0.3 is 0 Å². The molecule has 0 spiro atoms. The van der Waals surface area contributed by atoms with Crippen molar-refractivity contribution >= 4 is 50.2 Å². The number of sulfonamides is 1. The van der Waals surface area contributed by atoms with Gasteiger partial charge in [0.1, 0.15) is 12.3 Å². The second-order valence-electron chi connectivity index (χ2n) is 6.71. The second-order valence-corrected chi connectivity index (χ2v) is 9.06. The molecule has 2 N–H and O–H groups in total. The lowest BCUT2D eigenvalue weighted by Crippen LogP contribution is -2.39. The van der Waals surface area contributed by atoms with Gasteiger partial charge in [-0.3, -0.25) is 9.10 Å². The number of carbonyl (C=O) groups excluding carboxylic acids is 1. The van der Waals surface area contributed by atoms with E-state index in [-0.39, 0.29) is 5.75 Å². The third-order valence-electron chi connectivity index (χ3n) is 4.46. The molecule has 0 bridgehead atoms. The molecule has 0 aliphatic carbocycles. The lowest BCUT2D eigenvalue weighted by atomic mass is 10.0. The molecule has 0 saturated carbocycles. The Balaban J connectivity index is 1.81. The van der Waals surface area contributed by atoms with E-state index < -0.39 is 22.5 Å². The van der Waals surface area contributed by atoms with Crippen molar-refractivity contribution < 1.29 is 18.3 Å². The molecular weight excluding hydrogens is 426 g/mol. The van der Waals surface area contributed by atoms with Gasteiger partial charge in [-0.1, -0.05) is 48.0 Å². The number of carbonyl (C=O) groups is 1. The van der Waals surface area contributed by atoms with Gasteiger partial charge in [0.2, 0.25) is 10.0 Å². The van der Waals surface area contributed by atoms with Crippen LogP contribution in [-0.4, -0.2) is 38.4 Å². The smallest absolute Gasteiger partial charge is 0.260 e. The van der Waals surface area contributed by atoms with Crippen molar-refractivity contribution in [3.05, 3.63) is 70.7 Å². The second kappa shape index (κ2) is 8.73. The Bertz CT molecular complexity index is 1240. The number of nitrogens with zero attached hydrogens (tertiary/aromatic N) is 2. The first-order chi connectivity index (χ1) is 14.2. The van der Waals surface area contributed by atoms with Crippen LogP contribution in [0.3, 0.4) is 0 Å². The normalized spacial score (nSPS) is 11.7. The number of aromatic hydroxyl groups is 1. The summed E-state index contributed by atoms with van der Waals surface area (Å²) in [6, 6.07) is 15.5. The van der Waals surface area contributed by atoms with Gasteiger partial charge in [-0.15, -0.1) is 0 Å².